The van der Waals surface area contributed by atoms with Crippen LogP contribution < -0.4 is 5.32 Å². The Morgan fingerprint density at radius 1 is 1.50 bits per heavy atom. The standard InChI is InChI=1S/C11H16N2S/c1-2-4-10(5-3-1)6-12-7-11-8-14-9-13-11/h1-2,8-10,12H,3-7H2. The Morgan fingerprint density at radius 2 is 2.50 bits per heavy atom. The molecule has 0 aromatic carbocycles. The number of thiazole rings is 1. The van der Waals surface area contributed by atoms with E-state index < -0.39 is 0 Å². The summed E-state index contributed by atoms with van der Waals surface area (Å²) in [5.41, 5.74) is 3.06. The van der Waals surface area contributed by atoms with Crippen LogP contribution in [0.2, 0.25) is 0 Å². The first-order valence-corrected chi connectivity index (χ1v) is 6.12. The minimum Gasteiger partial charge on any atom is -0.311 e. The van der Waals surface area contributed by atoms with E-state index in [0.29, 0.717) is 0 Å². The molecule has 2 nitrogen and oxygen atoms in total. The Balaban J connectivity index is 1.65. The Hall–Kier alpha value is -0.670. The zero-order chi connectivity index (χ0) is 9.64. The third-order valence-electron chi connectivity index (χ3n) is 2.60. The molecule has 1 heterocycles. The molecule has 1 N–H and O–H groups in total. The summed E-state index contributed by atoms with van der Waals surface area (Å²) >= 11 is 1.66. The molecule has 0 saturated carbocycles. The maximum absolute atomic E-state index is 4.24. The van der Waals surface area contributed by atoms with E-state index in [1.165, 1.54) is 25.0 Å². The number of rotatable bonds is 4. The molecule has 0 fully saturated rings. The van der Waals surface area contributed by atoms with Crippen molar-refractivity contribution in [1.82, 2.24) is 10.3 Å². The zero-order valence-corrected chi connectivity index (χ0v) is 9.09. The summed E-state index contributed by atoms with van der Waals surface area (Å²) in [4.78, 5) is 4.24. The number of hydrogen-bond acceptors (Lipinski definition) is 3. The molecule has 0 spiro atoms. The van der Waals surface area contributed by atoms with Crippen LogP contribution in [0.15, 0.2) is 23.0 Å². The first-order chi connectivity index (χ1) is 6.95. The van der Waals surface area contributed by atoms with Crippen LogP contribution in [0, 0.1) is 5.92 Å². The molecule has 0 radical (unpaired) electrons. The first kappa shape index (κ1) is 9.87. The first-order valence-electron chi connectivity index (χ1n) is 5.18. The molecule has 1 aromatic rings. The van der Waals surface area contributed by atoms with Crippen LogP contribution in [-0.2, 0) is 6.54 Å². The van der Waals surface area contributed by atoms with Gasteiger partial charge in [-0.25, -0.2) is 4.98 Å². The molecule has 3 heteroatoms. The molecule has 1 aliphatic rings. The predicted molar refractivity (Wildman–Crippen MR) is 60.3 cm³/mol. The Morgan fingerprint density at radius 3 is 3.21 bits per heavy atom. The van der Waals surface area contributed by atoms with Crippen molar-refractivity contribution in [1.29, 1.82) is 0 Å². The number of nitrogens with zero attached hydrogens (tertiary/aromatic N) is 1. The van der Waals surface area contributed by atoms with Crippen molar-refractivity contribution in [2.75, 3.05) is 6.54 Å². The maximum Gasteiger partial charge on any atom is 0.0795 e. The Labute approximate surface area is 89.1 Å². The lowest BCUT2D eigenvalue weighted by Gasteiger charge is -2.17. The number of hydrogen-bond donors (Lipinski definition) is 1. The van der Waals surface area contributed by atoms with E-state index in [0.717, 1.165) is 19.0 Å². The molecule has 1 aliphatic carbocycles. The second-order valence-electron chi connectivity index (χ2n) is 3.76. The van der Waals surface area contributed by atoms with Gasteiger partial charge in [-0.3, -0.25) is 0 Å². The Bertz CT molecular complexity index is 279. The zero-order valence-electron chi connectivity index (χ0n) is 8.28. The van der Waals surface area contributed by atoms with Crippen molar-refractivity contribution >= 4 is 11.3 Å². The predicted octanol–water partition coefficient (Wildman–Crippen LogP) is 2.59. The minimum absolute atomic E-state index is 0.832. The van der Waals surface area contributed by atoms with Gasteiger partial charge in [-0.2, -0.15) is 0 Å². The highest BCUT2D eigenvalue weighted by Gasteiger charge is 2.08. The summed E-state index contributed by atoms with van der Waals surface area (Å²) in [5, 5.41) is 5.57. The topological polar surface area (TPSA) is 24.9 Å². The van der Waals surface area contributed by atoms with Crippen molar-refractivity contribution in [3.63, 3.8) is 0 Å². The van der Waals surface area contributed by atoms with Crippen molar-refractivity contribution < 1.29 is 0 Å². The third-order valence-corrected chi connectivity index (χ3v) is 3.24. The van der Waals surface area contributed by atoms with Gasteiger partial charge < -0.3 is 5.32 Å². The van der Waals surface area contributed by atoms with Gasteiger partial charge in [0.15, 0.2) is 0 Å². The normalized spacial score (nSPS) is 21.3. The van der Waals surface area contributed by atoms with E-state index in [1.54, 1.807) is 11.3 Å². The maximum atomic E-state index is 4.24. The third kappa shape index (κ3) is 2.93. The smallest absolute Gasteiger partial charge is 0.0795 e. The van der Waals surface area contributed by atoms with Gasteiger partial charge >= 0.3 is 0 Å². The molecular weight excluding hydrogens is 192 g/mol. The number of aromatic nitrogens is 1. The molecule has 2 rings (SSSR count). The molecule has 0 bridgehead atoms. The van der Waals surface area contributed by atoms with Gasteiger partial charge in [0.1, 0.15) is 0 Å². The average molecular weight is 208 g/mol. The molecule has 1 atom stereocenters. The fraction of sp³-hybridized carbons (Fsp3) is 0.545. The second kappa shape index (κ2) is 5.27. The van der Waals surface area contributed by atoms with E-state index >= 15 is 0 Å². The fourth-order valence-electron chi connectivity index (χ4n) is 1.77. The number of allylic oxidation sites excluding steroid dienone is 2. The Kier molecular flexibility index (Phi) is 3.72. The summed E-state index contributed by atoms with van der Waals surface area (Å²) in [6.07, 6.45) is 8.42. The van der Waals surface area contributed by atoms with E-state index in [1.807, 2.05) is 5.51 Å². The molecule has 0 saturated heterocycles. The van der Waals surface area contributed by atoms with Crippen molar-refractivity contribution in [3.8, 4) is 0 Å². The van der Waals surface area contributed by atoms with Gasteiger partial charge in [-0.15, -0.1) is 11.3 Å². The fourth-order valence-corrected chi connectivity index (χ4v) is 2.33. The summed E-state index contributed by atoms with van der Waals surface area (Å²) in [6, 6.07) is 0. The summed E-state index contributed by atoms with van der Waals surface area (Å²) in [5.74, 6) is 0.832. The lowest BCUT2D eigenvalue weighted by atomic mass is 9.94. The van der Waals surface area contributed by atoms with E-state index in [4.69, 9.17) is 0 Å². The SMILES string of the molecule is C1=CCC(CNCc2cscn2)CC1. The molecule has 14 heavy (non-hydrogen) atoms. The molecule has 1 aromatic heterocycles. The van der Waals surface area contributed by atoms with E-state index in [-0.39, 0.29) is 0 Å². The highest BCUT2D eigenvalue weighted by atomic mass is 32.1. The summed E-state index contributed by atoms with van der Waals surface area (Å²) in [6.45, 7) is 2.05. The van der Waals surface area contributed by atoms with Crippen LogP contribution in [-0.4, -0.2) is 11.5 Å². The second-order valence-corrected chi connectivity index (χ2v) is 4.48. The summed E-state index contributed by atoms with van der Waals surface area (Å²) in [7, 11) is 0. The van der Waals surface area contributed by atoms with Crippen LogP contribution in [0.25, 0.3) is 0 Å². The average Bonchev–Trinajstić information content (AvgIpc) is 2.72. The highest BCUT2D eigenvalue weighted by molar-refractivity contribution is 7.07. The quantitative estimate of drug-likeness (QED) is 0.769. The largest absolute Gasteiger partial charge is 0.311 e. The molecule has 1 unspecified atom stereocenters. The van der Waals surface area contributed by atoms with Gasteiger partial charge in [-0.05, 0) is 31.7 Å². The molecule has 76 valence electrons. The molecule has 0 amide bonds. The van der Waals surface area contributed by atoms with Crippen LogP contribution in [0.3, 0.4) is 0 Å². The monoisotopic (exact) mass is 208 g/mol. The van der Waals surface area contributed by atoms with Crippen LogP contribution in [0.1, 0.15) is 25.0 Å². The number of nitrogens with one attached hydrogen (secondary N) is 1. The van der Waals surface area contributed by atoms with E-state index in [9.17, 15) is 0 Å². The van der Waals surface area contributed by atoms with Crippen LogP contribution in [0.4, 0.5) is 0 Å². The lowest BCUT2D eigenvalue weighted by molar-refractivity contribution is 0.439. The van der Waals surface area contributed by atoms with Gasteiger partial charge in [0.25, 0.3) is 0 Å². The van der Waals surface area contributed by atoms with Gasteiger partial charge in [0, 0.05) is 11.9 Å². The van der Waals surface area contributed by atoms with Crippen LogP contribution in [0.5, 0.6) is 0 Å². The minimum atomic E-state index is 0.832. The van der Waals surface area contributed by atoms with Gasteiger partial charge in [0.05, 0.1) is 11.2 Å². The van der Waals surface area contributed by atoms with Gasteiger partial charge in [0.2, 0.25) is 0 Å². The molecular formula is C11H16N2S. The highest BCUT2D eigenvalue weighted by Crippen LogP contribution is 2.16. The van der Waals surface area contributed by atoms with Crippen molar-refractivity contribution in [2.45, 2.75) is 25.8 Å². The lowest BCUT2D eigenvalue weighted by Crippen LogP contribution is -2.23. The summed E-state index contributed by atoms with van der Waals surface area (Å²) < 4.78 is 0. The molecule has 0 aliphatic heterocycles. The van der Waals surface area contributed by atoms with Gasteiger partial charge in [-0.1, -0.05) is 12.2 Å². The van der Waals surface area contributed by atoms with Crippen LogP contribution >= 0.6 is 11.3 Å². The van der Waals surface area contributed by atoms with E-state index in [2.05, 4.69) is 27.8 Å². The van der Waals surface area contributed by atoms with Crippen molar-refractivity contribution in [2.24, 2.45) is 5.92 Å². The van der Waals surface area contributed by atoms with Crippen molar-refractivity contribution in [3.05, 3.63) is 28.7 Å².